The largest absolute Gasteiger partial charge is 0.334 e. The maximum atomic E-state index is 12.8. The van der Waals surface area contributed by atoms with Gasteiger partial charge < -0.3 is 9.84 Å². The lowest BCUT2D eigenvalue weighted by atomic mass is 10.2. The average Bonchev–Trinajstić information content (AvgIpc) is 2.78. The van der Waals surface area contributed by atoms with Crippen LogP contribution in [-0.2, 0) is 6.42 Å². The standard InChI is InChI=1S/C13H16FN3O/c1-3-15-9(2)8-12-16-13(18-17-12)10-4-6-11(14)7-5-10/h4-7,9,15H,3,8H2,1-2H3/t9-/m0/s1. The predicted molar refractivity (Wildman–Crippen MR) is 66.5 cm³/mol. The quantitative estimate of drug-likeness (QED) is 0.884. The van der Waals surface area contributed by atoms with Gasteiger partial charge in [-0.1, -0.05) is 12.1 Å². The lowest BCUT2D eigenvalue weighted by Crippen LogP contribution is -2.27. The molecule has 96 valence electrons. The summed E-state index contributed by atoms with van der Waals surface area (Å²) in [5.74, 6) is 0.802. The van der Waals surface area contributed by atoms with Crippen molar-refractivity contribution < 1.29 is 8.91 Å². The van der Waals surface area contributed by atoms with Gasteiger partial charge in [-0.2, -0.15) is 4.98 Å². The first kappa shape index (κ1) is 12.7. The zero-order valence-electron chi connectivity index (χ0n) is 10.5. The second-order valence-electron chi connectivity index (χ2n) is 4.19. The van der Waals surface area contributed by atoms with Gasteiger partial charge in [-0.25, -0.2) is 4.39 Å². The maximum Gasteiger partial charge on any atom is 0.257 e. The Morgan fingerprint density at radius 1 is 1.33 bits per heavy atom. The first-order valence-corrected chi connectivity index (χ1v) is 6.01. The molecule has 1 heterocycles. The van der Waals surface area contributed by atoms with E-state index in [-0.39, 0.29) is 5.82 Å². The van der Waals surface area contributed by atoms with Crippen molar-refractivity contribution in [1.29, 1.82) is 0 Å². The maximum absolute atomic E-state index is 12.8. The highest BCUT2D eigenvalue weighted by atomic mass is 19.1. The number of nitrogens with zero attached hydrogens (tertiary/aromatic N) is 2. The Morgan fingerprint density at radius 3 is 2.72 bits per heavy atom. The van der Waals surface area contributed by atoms with E-state index in [0.29, 0.717) is 24.2 Å². The number of halogens is 1. The second-order valence-corrected chi connectivity index (χ2v) is 4.19. The predicted octanol–water partition coefficient (Wildman–Crippen LogP) is 2.42. The molecule has 18 heavy (non-hydrogen) atoms. The second kappa shape index (κ2) is 5.73. The van der Waals surface area contributed by atoms with Crippen molar-refractivity contribution >= 4 is 0 Å². The topological polar surface area (TPSA) is 51.0 Å². The smallest absolute Gasteiger partial charge is 0.257 e. The first-order chi connectivity index (χ1) is 8.69. The van der Waals surface area contributed by atoms with Gasteiger partial charge in [0.1, 0.15) is 5.82 Å². The highest BCUT2D eigenvalue weighted by Crippen LogP contribution is 2.17. The summed E-state index contributed by atoms with van der Waals surface area (Å²) in [6.45, 7) is 5.03. The van der Waals surface area contributed by atoms with Crippen LogP contribution in [0, 0.1) is 5.82 Å². The number of aromatic nitrogens is 2. The molecule has 5 heteroatoms. The highest BCUT2D eigenvalue weighted by molar-refractivity contribution is 5.52. The van der Waals surface area contributed by atoms with Crippen LogP contribution in [0.1, 0.15) is 19.7 Å². The molecule has 2 aromatic rings. The minimum Gasteiger partial charge on any atom is -0.334 e. The Labute approximate surface area is 105 Å². The van der Waals surface area contributed by atoms with Crippen molar-refractivity contribution in [3.63, 3.8) is 0 Å². The Bertz CT molecular complexity index is 495. The number of hydrogen-bond acceptors (Lipinski definition) is 4. The van der Waals surface area contributed by atoms with Crippen LogP contribution in [0.15, 0.2) is 28.8 Å². The fourth-order valence-electron chi connectivity index (χ4n) is 1.74. The van der Waals surface area contributed by atoms with E-state index in [0.717, 1.165) is 12.1 Å². The van der Waals surface area contributed by atoms with E-state index in [2.05, 4.69) is 29.3 Å². The number of hydrogen-bond donors (Lipinski definition) is 1. The molecular weight excluding hydrogens is 233 g/mol. The summed E-state index contributed by atoms with van der Waals surface area (Å²) < 4.78 is 17.9. The van der Waals surface area contributed by atoms with Gasteiger partial charge in [0, 0.05) is 18.0 Å². The lowest BCUT2D eigenvalue weighted by molar-refractivity contribution is 0.417. The summed E-state index contributed by atoms with van der Waals surface area (Å²) in [6, 6.07) is 6.30. The van der Waals surface area contributed by atoms with Crippen LogP contribution in [0.5, 0.6) is 0 Å². The van der Waals surface area contributed by atoms with E-state index >= 15 is 0 Å². The molecule has 0 radical (unpaired) electrons. The van der Waals surface area contributed by atoms with Crippen molar-refractivity contribution in [3.8, 4) is 11.5 Å². The SMILES string of the molecule is CCN[C@@H](C)Cc1noc(-c2ccc(F)cc2)n1. The average molecular weight is 249 g/mol. The molecule has 0 unspecified atom stereocenters. The molecule has 2 rings (SSSR count). The molecule has 0 aliphatic rings. The highest BCUT2D eigenvalue weighted by Gasteiger charge is 2.11. The third kappa shape index (κ3) is 3.13. The fourth-order valence-corrected chi connectivity index (χ4v) is 1.74. The van der Waals surface area contributed by atoms with Crippen LogP contribution in [0.3, 0.4) is 0 Å². The van der Waals surface area contributed by atoms with Crippen LogP contribution in [0.4, 0.5) is 4.39 Å². The van der Waals surface area contributed by atoms with Crippen molar-refractivity contribution in [1.82, 2.24) is 15.5 Å². The lowest BCUT2D eigenvalue weighted by Gasteiger charge is -2.08. The fraction of sp³-hybridized carbons (Fsp3) is 0.385. The van der Waals surface area contributed by atoms with Gasteiger partial charge >= 0.3 is 0 Å². The number of likely N-dealkylation sites (N-methyl/N-ethyl adjacent to an activating group) is 1. The molecule has 1 aromatic carbocycles. The van der Waals surface area contributed by atoms with E-state index in [1.54, 1.807) is 12.1 Å². The molecule has 1 aromatic heterocycles. The van der Waals surface area contributed by atoms with Crippen molar-refractivity contribution in [2.45, 2.75) is 26.3 Å². The van der Waals surface area contributed by atoms with Crippen LogP contribution in [0.25, 0.3) is 11.5 Å². The van der Waals surface area contributed by atoms with E-state index in [1.807, 2.05) is 0 Å². The van der Waals surface area contributed by atoms with E-state index in [1.165, 1.54) is 12.1 Å². The summed E-state index contributed by atoms with van der Waals surface area (Å²) in [4.78, 5) is 4.29. The molecule has 1 N–H and O–H groups in total. The Balaban J connectivity index is 2.08. The number of benzene rings is 1. The third-order valence-electron chi connectivity index (χ3n) is 2.60. The molecular formula is C13H16FN3O. The summed E-state index contributed by atoms with van der Waals surface area (Å²) in [5, 5.41) is 7.20. The molecule has 0 aliphatic carbocycles. The molecule has 0 aliphatic heterocycles. The first-order valence-electron chi connectivity index (χ1n) is 6.01. The van der Waals surface area contributed by atoms with Gasteiger partial charge in [-0.15, -0.1) is 0 Å². The Hall–Kier alpha value is -1.75. The zero-order chi connectivity index (χ0) is 13.0. The van der Waals surface area contributed by atoms with Crippen LogP contribution < -0.4 is 5.32 Å². The zero-order valence-corrected chi connectivity index (χ0v) is 10.5. The summed E-state index contributed by atoms with van der Waals surface area (Å²) in [5.41, 5.74) is 0.728. The molecule has 0 amide bonds. The number of nitrogens with one attached hydrogen (secondary N) is 1. The van der Waals surface area contributed by atoms with Crippen molar-refractivity contribution in [2.75, 3.05) is 6.54 Å². The van der Waals surface area contributed by atoms with Crippen LogP contribution in [-0.4, -0.2) is 22.7 Å². The van der Waals surface area contributed by atoms with E-state index in [9.17, 15) is 4.39 Å². The summed E-state index contributed by atoms with van der Waals surface area (Å²) in [6.07, 6.45) is 0.707. The van der Waals surface area contributed by atoms with Gasteiger partial charge in [0.15, 0.2) is 5.82 Å². The Morgan fingerprint density at radius 2 is 2.06 bits per heavy atom. The third-order valence-corrected chi connectivity index (χ3v) is 2.60. The molecule has 0 spiro atoms. The molecule has 0 fully saturated rings. The molecule has 4 nitrogen and oxygen atoms in total. The van der Waals surface area contributed by atoms with Crippen molar-refractivity contribution in [3.05, 3.63) is 35.9 Å². The summed E-state index contributed by atoms with van der Waals surface area (Å²) >= 11 is 0. The normalized spacial score (nSPS) is 12.6. The minimum atomic E-state index is -0.278. The molecule has 0 saturated heterocycles. The van der Waals surface area contributed by atoms with Crippen LogP contribution >= 0.6 is 0 Å². The summed E-state index contributed by atoms with van der Waals surface area (Å²) in [7, 11) is 0. The van der Waals surface area contributed by atoms with Gasteiger partial charge in [0.25, 0.3) is 5.89 Å². The minimum absolute atomic E-state index is 0.278. The van der Waals surface area contributed by atoms with E-state index in [4.69, 9.17) is 4.52 Å². The van der Waals surface area contributed by atoms with Gasteiger partial charge in [0.2, 0.25) is 0 Å². The molecule has 0 bridgehead atoms. The molecule has 1 atom stereocenters. The van der Waals surface area contributed by atoms with Gasteiger partial charge in [0.05, 0.1) is 0 Å². The molecule has 0 saturated carbocycles. The monoisotopic (exact) mass is 249 g/mol. The van der Waals surface area contributed by atoms with Crippen molar-refractivity contribution in [2.24, 2.45) is 0 Å². The van der Waals surface area contributed by atoms with Crippen LogP contribution in [0.2, 0.25) is 0 Å². The van der Waals surface area contributed by atoms with E-state index < -0.39 is 0 Å². The number of rotatable bonds is 5. The van der Waals surface area contributed by atoms with Gasteiger partial charge in [-0.3, -0.25) is 0 Å². The van der Waals surface area contributed by atoms with Gasteiger partial charge in [-0.05, 0) is 37.7 Å². The Kier molecular flexibility index (Phi) is 4.04.